The highest BCUT2D eigenvalue weighted by Gasteiger charge is 1.73. The summed E-state index contributed by atoms with van der Waals surface area (Å²) in [7, 11) is 0. The zero-order valence-corrected chi connectivity index (χ0v) is 4.49. The van der Waals surface area contributed by atoms with Gasteiger partial charge in [0.05, 0.1) is 5.94 Å². The van der Waals surface area contributed by atoms with Gasteiger partial charge in [-0.1, -0.05) is 0 Å². The van der Waals surface area contributed by atoms with Crippen molar-refractivity contribution in [2.24, 2.45) is 0 Å². The number of hydrogen-bond acceptors (Lipinski definition) is 3. The van der Waals surface area contributed by atoms with Crippen LogP contribution in [0.4, 0.5) is 0 Å². The third-order valence-corrected chi connectivity index (χ3v) is 0.695. The van der Waals surface area contributed by atoms with Crippen molar-refractivity contribution in [3.63, 3.8) is 0 Å². The minimum absolute atomic E-state index is 0.166. The lowest BCUT2D eigenvalue weighted by Crippen LogP contribution is -1.88. The molecule has 0 aromatic carbocycles. The smallest absolute Gasteiger partial charge is 0.144 e. The van der Waals surface area contributed by atoms with Gasteiger partial charge in [0.15, 0.2) is 0 Å². The van der Waals surface area contributed by atoms with Crippen LogP contribution in [0.5, 0.6) is 0 Å². The number of ether oxygens (including phenoxy) is 1. The van der Waals surface area contributed by atoms with Gasteiger partial charge >= 0.3 is 0 Å². The maximum Gasteiger partial charge on any atom is 0.144 e. The molecule has 0 heterocycles. The second kappa shape index (κ2) is 5.27. The number of hydrogen-bond donors (Lipinski definition) is 1. The van der Waals surface area contributed by atoms with Gasteiger partial charge in [-0.05, 0) is 6.26 Å². The average Bonchev–Trinajstić information content (AvgIpc) is 1.61. The van der Waals surface area contributed by atoms with E-state index in [1.165, 1.54) is 0 Å². The number of rotatable bonds is 3. The molecule has 0 unspecified atom stereocenters. The molecule has 0 aromatic heterocycles. The molecular formula is C3H8O2S. The first-order chi connectivity index (χ1) is 2.91. The van der Waals surface area contributed by atoms with Crippen molar-refractivity contribution in [2.75, 3.05) is 19.0 Å². The minimum atomic E-state index is -0.166. The van der Waals surface area contributed by atoms with E-state index in [-0.39, 0.29) is 6.79 Å². The van der Waals surface area contributed by atoms with Crippen LogP contribution in [0.2, 0.25) is 0 Å². The van der Waals surface area contributed by atoms with Gasteiger partial charge in [0.2, 0.25) is 0 Å². The Bertz CT molecular complexity index is 20.8. The Morgan fingerprint density at radius 1 is 1.83 bits per heavy atom. The molecule has 0 saturated heterocycles. The van der Waals surface area contributed by atoms with Crippen LogP contribution in [0.1, 0.15) is 0 Å². The standard InChI is InChI=1S/C3H8O2S/c1-6-3-5-2-4/h4H,2-3H2,1H3. The Morgan fingerprint density at radius 2 is 2.50 bits per heavy atom. The minimum Gasteiger partial charge on any atom is -0.371 e. The molecule has 6 heavy (non-hydrogen) atoms. The fourth-order valence-electron chi connectivity index (χ4n) is 0.121. The van der Waals surface area contributed by atoms with Gasteiger partial charge in [-0.3, -0.25) is 0 Å². The Kier molecular flexibility index (Phi) is 5.51. The normalized spacial score (nSPS) is 9.00. The topological polar surface area (TPSA) is 29.5 Å². The molecule has 0 atom stereocenters. The molecule has 0 aliphatic rings. The second-order valence-electron chi connectivity index (χ2n) is 0.740. The number of aliphatic hydroxyl groups is 1. The zero-order chi connectivity index (χ0) is 4.83. The predicted octanol–water partition coefficient (Wildman–Crippen LogP) is 0.273. The van der Waals surface area contributed by atoms with Gasteiger partial charge in [0, 0.05) is 0 Å². The van der Waals surface area contributed by atoms with Crippen LogP contribution in [0, 0.1) is 0 Å². The lowest BCUT2D eigenvalue weighted by Gasteiger charge is -1.90. The predicted molar refractivity (Wildman–Crippen MR) is 26.6 cm³/mol. The van der Waals surface area contributed by atoms with Crippen molar-refractivity contribution < 1.29 is 9.84 Å². The van der Waals surface area contributed by atoms with E-state index < -0.39 is 0 Å². The second-order valence-corrected chi connectivity index (χ2v) is 1.55. The Balaban J connectivity index is 2.34. The Labute approximate surface area is 41.5 Å². The van der Waals surface area contributed by atoms with Crippen molar-refractivity contribution in [1.82, 2.24) is 0 Å². The molecule has 2 nitrogen and oxygen atoms in total. The molecule has 0 saturated carbocycles. The van der Waals surface area contributed by atoms with E-state index in [2.05, 4.69) is 4.74 Å². The molecule has 0 aliphatic carbocycles. The van der Waals surface area contributed by atoms with Gasteiger partial charge in [-0.2, -0.15) is 0 Å². The van der Waals surface area contributed by atoms with Crippen molar-refractivity contribution >= 4 is 11.8 Å². The average molecular weight is 108 g/mol. The quantitative estimate of drug-likeness (QED) is 0.416. The van der Waals surface area contributed by atoms with E-state index in [0.717, 1.165) is 0 Å². The molecule has 3 heteroatoms. The third kappa shape index (κ3) is 4.27. The first-order valence-corrected chi connectivity index (χ1v) is 2.98. The first kappa shape index (κ1) is 6.27. The highest BCUT2D eigenvalue weighted by Crippen LogP contribution is 1.88. The highest BCUT2D eigenvalue weighted by molar-refractivity contribution is 7.98. The van der Waals surface area contributed by atoms with E-state index in [0.29, 0.717) is 5.94 Å². The fraction of sp³-hybridized carbons (Fsp3) is 1.00. The van der Waals surface area contributed by atoms with Crippen LogP contribution in [0.15, 0.2) is 0 Å². The van der Waals surface area contributed by atoms with Crippen LogP contribution in [-0.2, 0) is 4.74 Å². The first-order valence-electron chi connectivity index (χ1n) is 1.59. The van der Waals surface area contributed by atoms with Crippen LogP contribution < -0.4 is 0 Å². The molecule has 0 aliphatic heterocycles. The van der Waals surface area contributed by atoms with Crippen LogP contribution >= 0.6 is 11.8 Å². The zero-order valence-electron chi connectivity index (χ0n) is 3.68. The summed E-state index contributed by atoms with van der Waals surface area (Å²) in [6, 6.07) is 0. The molecule has 0 spiro atoms. The van der Waals surface area contributed by atoms with Gasteiger partial charge in [-0.25, -0.2) is 0 Å². The van der Waals surface area contributed by atoms with Crippen LogP contribution in [-0.4, -0.2) is 24.1 Å². The maximum absolute atomic E-state index is 7.96. The highest BCUT2D eigenvalue weighted by atomic mass is 32.2. The summed E-state index contributed by atoms with van der Waals surface area (Å²) in [6.07, 6.45) is 1.91. The maximum atomic E-state index is 7.96. The molecule has 0 rings (SSSR count). The Morgan fingerprint density at radius 3 is 2.67 bits per heavy atom. The van der Waals surface area contributed by atoms with Crippen molar-refractivity contribution in [1.29, 1.82) is 0 Å². The molecular weight excluding hydrogens is 100 g/mol. The third-order valence-electron chi connectivity index (χ3n) is 0.292. The lowest BCUT2D eigenvalue weighted by atomic mass is 11.4. The van der Waals surface area contributed by atoms with Crippen LogP contribution in [0.3, 0.4) is 0 Å². The van der Waals surface area contributed by atoms with E-state index >= 15 is 0 Å². The molecule has 38 valence electrons. The summed E-state index contributed by atoms with van der Waals surface area (Å²) < 4.78 is 4.50. The molecule has 0 aromatic rings. The fourth-order valence-corrected chi connectivity index (χ4v) is 0.362. The van der Waals surface area contributed by atoms with Crippen LogP contribution in [0.25, 0.3) is 0 Å². The van der Waals surface area contributed by atoms with Crippen molar-refractivity contribution in [2.45, 2.75) is 0 Å². The summed E-state index contributed by atoms with van der Waals surface area (Å²) in [5.74, 6) is 0.580. The van der Waals surface area contributed by atoms with Crippen molar-refractivity contribution in [3.05, 3.63) is 0 Å². The monoisotopic (exact) mass is 108 g/mol. The van der Waals surface area contributed by atoms with Gasteiger partial charge < -0.3 is 9.84 Å². The van der Waals surface area contributed by atoms with Gasteiger partial charge in [0.25, 0.3) is 0 Å². The molecule has 0 fully saturated rings. The van der Waals surface area contributed by atoms with E-state index in [9.17, 15) is 0 Å². The molecule has 0 amide bonds. The molecule has 1 N–H and O–H groups in total. The largest absolute Gasteiger partial charge is 0.371 e. The van der Waals surface area contributed by atoms with Crippen molar-refractivity contribution in [3.8, 4) is 0 Å². The number of aliphatic hydroxyl groups excluding tert-OH is 1. The van der Waals surface area contributed by atoms with Gasteiger partial charge in [-0.15, -0.1) is 11.8 Å². The molecule has 0 bridgehead atoms. The summed E-state index contributed by atoms with van der Waals surface area (Å²) in [5.41, 5.74) is 0. The lowest BCUT2D eigenvalue weighted by molar-refractivity contribution is 0.0241. The summed E-state index contributed by atoms with van der Waals surface area (Å²) in [6.45, 7) is -0.166. The number of thioether (sulfide) groups is 1. The summed E-state index contributed by atoms with van der Waals surface area (Å²) in [4.78, 5) is 0. The van der Waals surface area contributed by atoms with E-state index in [1.807, 2.05) is 6.26 Å². The van der Waals surface area contributed by atoms with E-state index in [1.54, 1.807) is 11.8 Å². The Hall–Kier alpha value is 0.270. The molecule has 0 radical (unpaired) electrons. The van der Waals surface area contributed by atoms with E-state index in [4.69, 9.17) is 5.11 Å². The summed E-state index contributed by atoms with van der Waals surface area (Å²) in [5, 5.41) is 7.96. The summed E-state index contributed by atoms with van der Waals surface area (Å²) >= 11 is 1.54. The van der Waals surface area contributed by atoms with Gasteiger partial charge in [0.1, 0.15) is 6.79 Å². The SMILES string of the molecule is CSCOCO.